The van der Waals surface area contributed by atoms with Crippen molar-refractivity contribution in [3.8, 4) is 0 Å². The normalized spacial score (nSPS) is 23.0. The van der Waals surface area contributed by atoms with Gasteiger partial charge in [-0.05, 0) is 12.1 Å². The fourth-order valence-corrected chi connectivity index (χ4v) is 1.13. The van der Waals surface area contributed by atoms with E-state index in [2.05, 4.69) is 0 Å². The molecule has 1 aromatic rings. The third kappa shape index (κ3) is 2.03. The number of hydrogen-bond donors (Lipinski definition) is 0. The molecule has 0 amide bonds. The highest BCUT2D eigenvalue weighted by Gasteiger charge is 2.17. The molecule has 1 saturated heterocycles. The van der Waals surface area contributed by atoms with E-state index in [0.717, 1.165) is 0 Å². The maximum Gasteiger partial charge on any atom is 0.217 e. The largest absolute Gasteiger partial charge is 0.344 e. The molecule has 0 aromatic heterocycles. The predicted octanol–water partition coefficient (Wildman–Crippen LogP) is 1.80. The fourth-order valence-electron chi connectivity index (χ4n) is 1.13. The van der Waals surface area contributed by atoms with Gasteiger partial charge in [-0.2, -0.15) is 4.89 Å². The Balaban J connectivity index is 2.14. The van der Waals surface area contributed by atoms with Crippen LogP contribution in [0.15, 0.2) is 24.3 Å². The van der Waals surface area contributed by atoms with Crippen LogP contribution in [-0.4, -0.2) is 13.2 Å². The standard InChI is InChI=1S/C9H9FO3/c10-8-3-1-2-7(6-8)9-11-4-5-12-13-9/h1-3,6,9H,4-5H2. The minimum Gasteiger partial charge on any atom is -0.344 e. The average molecular weight is 184 g/mol. The van der Waals surface area contributed by atoms with Crippen LogP contribution >= 0.6 is 0 Å². The van der Waals surface area contributed by atoms with Gasteiger partial charge in [0, 0.05) is 5.56 Å². The second kappa shape index (κ2) is 3.83. The van der Waals surface area contributed by atoms with Crippen LogP contribution in [0.2, 0.25) is 0 Å². The molecule has 3 nitrogen and oxygen atoms in total. The number of benzene rings is 1. The van der Waals surface area contributed by atoms with Crippen LogP contribution in [-0.2, 0) is 14.5 Å². The highest BCUT2D eigenvalue weighted by molar-refractivity contribution is 5.17. The molecule has 1 heterocycles. The first-order chi connectivity index (χ1) is 6.36. The minimum absolute atomic E-state index is 0.310. The Labute approximate surface area is 75.0 Å². The molecular weight excluding hydrogens is 175 g/mol. The Morgan fingerprint density at radius 2 is 2.23 bits per heavy atom. The first kappa shape index (κ1) is 8.62. The van der Waals surface area contributed by atoms with Gasteiger partial charge in [-0.1, -0.05) is 12.1 Å². The molecule has 0 bridgehead atoms. The molecule has 1 aromatic carbocycles. The molecule has 4 heteroatoms. The molecule has 70 valence electrons. The summed E-state index contributed by atoms with van der Waals surface area (Å²) >= 11 is 0. The minimum atomic E-state index is -0.607. The summed E-state index contributed by atoms with van der Waals surface area (Å²) in [5.41, 5.74) is 0.625. The number of halogens is 1. The Bertz CT molecular complexity index is 284. The van der Waals surface area contributed by atoms with Gasteiger partial charge in [-0.15, -0.1) is 0 Å². The number of rotatable bonds is 1. The van der Waals surface area contributed by atoms with Gasteiger partial charge in [0.1, 0.15) is 12.4 Å². The Morgan fingerprint density at radius 1 is 1.31 bits per heavy atom. The van der Waals surface area contributed by atoms with Crippen molar-refractivity contribution >= 4 is 0 Å². The lowest BCUT2D eigenvalue weighted by atomic mass is 10.2. The number of ether oxygens (including phenoxy) is 1. The molecule has 1 fully saturated rings. The highest BCUT2D eigenvalue weighted by Crippen LogP contribution is 2.22. The van der Waals surface area contributed by atoms with E-state index >= 15 is 0 Å². The van der Waals surface area contributed by atoms with E-state index in [1.165, 1.54) is 12.1 Å². The van der Waals surface area contributed by atoms with Crippen LogP contribution in [0.3, 0.4) is 0 Å². The molecule has 1 aliphatic heterocycles. The summed E-state index contributed by atoms with van der Waals surface area (Å²) in [6, 6.07) is 6.06. The van der Waals surface area contributed by atoms with Gasteiger partial charge < -0.3 is 4.74 Å². The monoisotopic (exact) mass is 184 g/mol. The topological polar surface area (TPSA) is 27.7 Å². The zero-order valence-electron chi connectivity index (χ0n) is 6.90. The first-order valence-corrected chi connectivity index (χ1v) is 4.01. The lowest BCUT2D eigenvalue weighted by Crippen LogP contribution is -2.19. The van der Waals surface area contributed by atoms with Crippen molar-refractivity contribution in [2.24, 2.45) is 0 Å². The van der Waals surface area contributed by atoms with Crippen molar-refractivity contribution in [1.82, 2.24) is 0 Å². The van der Waals surface area contributed by atoms with Crippen molar-refractivity contribution in [2.75, 3.05) is 13.2 Å². The molecule has 0 N–H and O–H groups in total. The molecule has 0 spiro atoms. The van der Waals surface area contributed by atoms with Gasteiger partial charge in [-0.3, -0.25) is 0 Å². The van der Waals surface area contributed by atoms with Crippen LogP contribution < -0.4 is 0 Å². The molecular formula is C9H9FO3. The van der Waals surface area contributed by atoms with E-state index in [1.807, 2.05) is 0 Å². The molecule has 2 rings (SSSR count). The Morgan fingerprint density at radius 3 is 2.92 bits per heavy atom. The van der Waals surface area contributed by atoms with E-state index in [-0.39, 0.29) is 5.82 Å². The third-order valence-corrected chi connectivity index (χ3v) is 1.71. The van der Waals surface area contributed by atoms with Crippen molar-refractivity contribution in [2.45, 2.75) is 6.29 Å². The van der Waals surface area contributed by atoms with E-state index in [0.29, 0.717) is 18.8 Å². The van der Waals surface area contributed by atoms with Gasteiger partial charge in [0.25, 0.3) is 0 Å². The second-order valence-corrected chi connectivity index (χ2v) is 2.68. The molecule has 1 aliphatic rings. The van der Waals surface area contributed by atoms with E-state index < -0.39 is 6.29 Å². The lowest BCUT2D eigenvalue weighted by Gasteiger charge is -2.21. The van der Waals surface area contributed by atoms with Crippen molar-refractivity contribution in [3.05, 3.63) is 35.6 Å². The SMILES string of the molecule is Fc1cccc(C2OCCOO2)c1. The molecule has 1 unspecified atom stereocenters. The zero-order valence-corrected chi connectivity index (χ0v) is 6.90. The van der Waals surface area contributed by atoms with Crippen LogP contribution in [0, 0.1) is 5.82 Å². The van der Waals surface area contributed by atoms with Crippen molar-refractivity contribution in [1.29, 1.82) is 0 Å². The van der Waals surface area contributed by atoms with Crippen molar-refractivity contribution < 1.29 is 18.9 Å². The predicted molar refractivity (Wildman–Crippen MR) is 42.1 cm³/mol. The van der Waals surface area contributed by atoms with Crippen molar-refractivity contribution in [3.63, 3.8) is 0 Å². The van der Waals surface area contributed by atoms with E-state index in [9.17, 15) is 4.39 Å². The van der Waals surface area contributed by atoms with Gasteiger partial charge in [0.2, 0.25) is 6.29 Å². The average Bonchev–Trinajstić information content (AvgIpc) is 2.19. The third-order valence-electron chi connectivity index (χ3n) is 1.71. The summed E-state index contributed by atoms with van der Waals surface area (Å²) in [5.74, 6) is -0.310. The Hall–Kier alpha value is -0.970. The zero-order chi connectivity index (χ0) is 9.10. The van der Waals surface area contributed by atoms with Gasteiger partial charge >= 0.3 is 0 Å². The molecule has 0 saturated carbocycles. The lowest BCUT2D eigenvalue weighted by molar-refractivity contribution is -0.421. The molecule has 1 atom stereocenters. The molecule has 13 heavy (non-hydrogen) atoms. The fraction of sp³-hybridized carbons (Fsp3) is 0.333. The van der Waals surface area contributed by atoms with E-state index in [4.69, 9.17) is 14.5 Å². The van der Waals surface area contributed by atoms with Crippen LogP contribution in [0.4, 0.5) is 4.39 Å². The first-order valence-electron chi connectivity index (χ1n) is 4.01. The van der Waals surface area contributed by atoms with Crippen LogP contribution in [0.25, 0.3) is 0 Å². The van der Waals surface area contributed by atoms with Gasteiger partial charge in [0.15, 0.2) is 0 Å². The summed E-state index contributed by atoms with van der Waals surface area (Å²) in [5, 5.41) is 0. The molecule has 0 aliphatic carbocycles. The maximum atomic E-state index is 12.8. The summed E-state index contributed by atoms with van der Waals surface area (Å²) in [4.78, 5) is 9.56. The quantitative estimate of drug-likeness (QED) is 0.623. The van der Waals surface area contributed by atoms with Crippen LogP contribution in [0.5, 0.6) is 0 Å². The van der Waals surface area contributed by atoms with Crippen LogP contribution in [0.1, 0.15) is 11.9 Å². The second-order valence-electron chi connectivity index (χ2n) is 2.68. The molecule has 0 radical (unpaired) electrons. The summed E-state index contributed by atoms with van der Waals surface area (Å²) in [7, 11) is 0. The maximum absolute atomic E-state index is 12.8. The highest BCUT2D eigenvalue weighted by atomic mass is 19.1. The summed E-state index contributed by atoms with van der Waals surface area (Å²) in [6.45, 7) is 0.868. The summed E-state index contributed by atoms with van der Waals surface area (Å²) in [6.07, 6.45) is -0.607. The number of hydrogen-bond acceptors (Lipinski definition) is 3. The van der Waals surface area contributed by atoms with Gasteiger partial charge in [0.05, 0.1) is 6.61 Å². The Kier molecular flexibility index (Phi) is 2.54. The van der Waals surface area contributed by atoms with Gasteiger partial charge in [-0.25, -0.2) is 9.28 Å². The van der Waals surface area contributed by atoms with E-state index in [1.54, 1.807) is 12.1 Å². The smallest absolute Gasteiger partial charge is 0.217 e. The summed E-state index contributed by atoms with van der Waals surface area (Å²) < 4.78 is 18.0.